The van der Waals surface area contributed by atoms with Crippen molar-refractivity contribution in [3.8, 4) is 0 Å². The van der Waals surface area contributed by atoms with Gasteiger partial charge in [-0.1, -0.05) is 17.3 Å². The summed E-state index contributed by atoms with van der Waals surface area (Å²) in [5.74, 6) is -1.36. The van der Waals surface area contributed by atoms with Crippen LogP contribution < -0.4 is 10.6 Å². The van der Waals surface area contributed by atoms with Crippen molar-refractivity contribution in [2.75, 3.05) is 20.3 Å². The predicted molar refractivity (Wildman–Crippen MR) is 101 cm³/mol. The number of carbonyl (C=O) groups excluding carboxylic acids is 3. The number of rotatable bonds is 5. The van der Waals surface area contributed by atoms with Crippen LogP contribution in [0.4, 0.5) is 0 Å². The molecule has 0 unspecified atom stereocenters. The molecule has 8 nitrogen and oxygen atoms in total. The molecule has 2 N–H and O–H groups in total. The van der Waals surface area contributed by atoms with Crippen LogP contribution in [0.1, 0.15) is 34.8 Å². The van der Waals surface area contributed by atoms with Crippen LogP contribution in [0.25, 0.3) is 21.7 Å². The molecule has 1 aliphatic rings. The van der Waals surface area contributed by atoms with Gasteiger partial charge in [-0.15, -0.1) is 0 Å². The maximum absolute atomic E-state index is 12.3. The van der Waals surface area contributed by atoms with E-state index in [4.69, 9.17) is 9.26 Å². The Morgan fingerprint density at radius 2 is 2.18 bits per heavy atom. The van der Waals surface area contributed by atoms with Gasteiger partial charge >= 0.3 is 0 Å². The number of hydrogen-bond acceptors (Lipinski definition) is 6. The average molecular weight is 381 g/mol. The summed E-state index contributed by atoms with van der Waals surface area (Å²) in [6, 6.07) is 8.97. The van der Waals surface area contributed by atoms with E-state index in [0.29, 0.717) is 36.4 Å². The number of carbonyl (C=O) groups is 3. The molecule has 1 fully saturated rings. The lowest BCUT2D eigenvalue weighted by Crippen LogP contribution is -2.39. The molecule has 2 heterocycles. The van der Waals surface area contributed by atoms with Crippen molar-refractivity contribution >= 4 is 39.5 Å². The van der Waals surface area contributed by atoms with E-state index in [0.717, 1.165) is 16.2 Å². The second-order valence-electron chi connectivity index (χ2n) is 6.69. The van der Waals surface area contributed by atoms with E-state index in [-0.39, 0.29) is 24.1 Å². The number of fused-ring (bicyclic) bond motifs is 3. The molecule has 2 aromatic carbocycles. The highest BCUT2D eigenvalue weighted by Crippen LogP contribution is 2.35. The Hall–Kier alpha value is -3.26. The topological polar surface area (TPSA) is 111 Å². The standard InChI is InChI=1S/C20H19N3O5/c1-27-9-8-21-19(25)12-2-4-13-11(10-12)3-6-15-17(13)18(23-28-15)14-5-7-16(24)22-20(14)26/h2-4,6,10,14H,5,7-9H2,1H3,(H,21,25)(H,22,24,26)/t14-/m0/s1. The fourth-order valence-corrected chi connectivity index (χ4v) is 3.50. The van der Waals surface area contributed by atoms with Crippen LogP contribution in [0.15, 0.2) is 34.9 Å². The van der Waals surface area contributed by atoms with Gasteiger partial charge in [0.1, 0.15) is 5.69 Å². The Kier molecular flexibility index (Phi) is 4.79. The molecule has 0 spiro atoms. The smallest absolute Gasteiger partial charge is 0.251 e. The summed E-state index contributed by atoms with van der Waals surface area (Å²) in [7, 11) is 1.58. The highest BCUT2D eigenvalue weighted by Gasteiger charge is 2.32. The van der Waals surface area contributed by atoms with Crippen molar-refractivity contribution in [2.24, 2.45) is 0 Å². The van der Waals surface area contributed by atoms with Crippen LogP contribution in [0.2, 0.25) is 0 Å². The molecule has 3 aromatic rings. The summed E-state index contributed by atoms with van der Waals surface area (Å²) < 4.78 is 10.4. The van der Waals surface area contributed by atoms with Crippen molar-refractivity contribution in [3.63, 3.8) is 0 Å². The lowest BCUT2D eigenvalue weighted by atomic mass is 9.91. The maximum Gasteiger partial charge on any atom is 0.251 e. The third-order valence-electron chi connectivity index (χ3n) is 4.90. The molecule has 0 aliphatic carbocycles. The van der Waals surface area contributed by atoms with Crippen LogP contribution in [0.3, 0.4) is 0 Å². The van der Waals surface area contributed by atoms with E-state index in [2.05, 4.69) is 15.8 Å². The first-order chi connectivity index (χ1) is 13.6. The first-order valence-electron chi connectivity index (χ1n) is 9.01. The zero-order valence-electron chi connectivity index (χ0n) is 15.3. The van der Waals surface area contributed by atoms with Gasteiger partial charge in [0.25, 0.3) is 5.91 Å². The molecule has 28 heavy (non-hydrogen) atoms. The molecule has 4 rings (SSSR count). The van der Waals surface area contributed by atoms with Crippen molar-refractivity contribution in [1.29, 1.82) is 0 Å². The molecule has 1 atom stereocenters. The third-order valence-corrected chi connectivity index (χ3v) is 4.90. The molecule has 0 saturated carbocycles. The third kappa shape index (κ3) is 3.22. The van der Waals surface area contributed by atoms with Crippen molar-refractivity contribution < 1.29 is 23.6 Å². The highest BCUT2D eigenvalue weighted by molar-refractivity contribution is 6.11. The maximum atomic E-state index is 12.3. The minimum Gasteiger partial charge on any atom is -0.383 e. The lowest BCUT2D eigenvalue weighted by molar-refractivity contribution is -0.134. The van der Waals surface area contributed by atoms with Crippen molar-refractivity contribution in [1.82, 2.24) is 15.8 Å². The Morgan fingerprint density at radius 3 is 2.96 bits per heavy atom. The Labute approximate surface area is 160 Å². The van der Waals surface area contributed by atoms with Crippen LogP contribution >= 0.6 is 0 Å². The second-order valence-corrected chi connectivity index (χ2v) is 6.69. The summed E-state index contributed by atoms with van der Waals surface area (Å²) in [6.45, 7) is 0.869. The Balaban J connectivity index is 1.73. The molecule has 0 radical (unpaired) electrons. The first-order valence-corrected chi connectivity index (χ1v) is 9.01. The van der Waals surface area contributed by atoms with Gasteiger partial charge < -0.3 is 14.6 Å². The Bertz CT molecular complexity index is 1090. The molecular weight excluding hydrogens is 362 g/mol. The zero-order valence-corrected chi connectivity index (χ0v) is 15.3. The number of amides is 3. The normalized spacial score (nSPS) is 17.1. The summed E-state index contributed by atoms with van der Waals surface area (Å²) in [5.41, 5.74) is 1.61. The number of methoxy groups -OCH3 is 1. The van der Waals surface area contributed by atoms with E-state index in [1.165, 1.54) is 0 Å². The number of imide groups is 1. The number of nitrogens with one attached hydrogen (secondary N) is 2. The molecule has 144 valence electrons. The SMILES string of the molecule is COCCNC(=O)c1ccc2c(ccc3onc([C@@H]4CCC(=O)NC4=O)c32)c1. The van der Waals surface area contributed by atoms with E-state index in [1.807, 2.05) is 12.1 Å². The molecule has 0 bridgehead atoms. The van der Waals surface area contributed by atoms with E-state index < -0.39 is 5.92 Å². The average Bonchev–Trinajstić information content (AvgIpc) is 3.12. The molecule has 3 amide bonds. The summed E-state index contributed by atoms with van der Waals surface area (Å²) in [5, 5.41) is 11.7. The van der Waals surface area contributed by atoms with E-state index in [1.54, 1.807) is 25.3 Å². The fourth-order valence-electron chi connectivity index (χ4n) is 3.50. The molecule has 1 saturated heterocycles. The zero-order chi connectivity index (χ0) is 19.7. The minimum atomic E-state index is -0.540. The molecular formula is C20H19N3O5. The fraction of sp³-hybridized carbons (Fsp3) is 0.300. The molecule has 1 aromatic heterocycles. The first kappa shape index (κ1) is 18.1. The second kappa shape index (κ2) is 7.40. The number of nitrogens with zero attached hydrogens (tertiary/aromatic N) is 1. The van der Waals surface area contributed by atoms with Crippen LogP contribution in [0.5, 0.6) is 0 Å². The Morgan fingerprint density at radius 1 is 1.32 bits per heavy atom. The number of hydrogen-bond donors (Lipinski definition) is 2. The van der Waals surface area contributed by atoms with Crippen molar-refractivity contribution in [2.45, 2.75) is 18.8 Å². The monoisotopic (exact) mass is 381 g/mol. The van der Waals surface area contributed by atoms with Crippen LogP contribution in [-0.4, -0.2) is 43.1 Å². The summed E-state index contributed by atoms with van der Waals surface area (Å²) in [6.07, 6.45) is 0.657. The van der Waals surface area contributed by atoms with Crippen LogP contribution in [0, 0.1) is 0 Å². The number of aromatic nitrogens is 1. The minimum absolute atomic E-state index is 0.185. The highest BCUT2D eigenvalue weighted by atomic mass is 16.5. The van der Waals surface area contributed by atoms with Gasteiger partial charge in [-0.05, 0) is 35.4 Å². The quantitative estimate of drug-likeness (QED) is 0.516. The van der Waals surface area contributed by atoms with Gasteiger partial charge in [0.2, 0.25) is 11.8 Å². The van der Waals surface area contributed by atoms with Gasteiger partial charge in [0.15, 0.2) is 5.58 Å². The summed E-state index contributed by atoms with van der Waals surface area (Å²) in [4.78, 5) is 36.0. The van der Waals surface area contributed by atoms with Gasteiger partial charge in [-0.3, -0.25) is 19.7 Å². The number of ether oxygens (including phenoxy) is 1. The van der Waals surface area contributed by atoms with Gasteiger partial charge in [-0.25, -0.2) is 0 Å². The lowest BCUT2D eigenvalue weighted by Gasteiger charge is -2.19. The number of benzene rings is 2. The van der Waals surface area contributed by atoms with Crippen molar-refractivity contribution in [3.05, 3.63) is 41.6 Å². The van der Waals surface area contributed by atoms with Crippen LogP contribution in [-0.2, 0) is 14.3 Å². The van der Waals surface area contributed by atoms with E-state index in [9.17, 15) is 14.4 Å². The van der Waals surface area contributed by atoms with Gasteiger partial charge in [-0.2, -0.15) is 0 Å². The largest absolute Gasteiger partial charge is 0.383 e. The van der Waals surface area contributed by atoms with Gasteiger partial charge in [0, 0.05) is 25.6 Å². The number of piperidine rings is 1. The summed E-state index contributed by atoms with van der Waals surface area (Å²) >= 11 is 0. The molecule has 8 heteroatoms. The predicted octanol–water partition coefficient (Wildman–Crippen LogP) is 1.88. The van der Waals surface area contributed by atoms with E-state index >= 15 is 0 Å². The molecule has 1 aliphatic heterocycles. The van der Waals surface area contributed by atoms with Gasteiger partial charge in [0.05, 0.1) is 17.9 Å².